The van der Waals surface area contributed by atoms with Gasteiger partial charge in [-0.05, 0) is 62.8 Å². The maximum absolute atomic E-state index is 5.92. The molecular weight excluding hydrogens is 262 g/mol. The van der Waals surface area contributed by atoms with Gasteiger partial charge in [0.25, 0.3) is 0 Å². The summed E-state index contributed by atoms with van der Waals surface area (Å²) in [7, 11) is 0. The van der Waals surface area contributed by atoms with Crippen LogP contribution in [-0.4, -0.2) is 25.4 Å². The van der Waals surface area contributed by atoms with Crippen LogP contribution in [0.2, 0.25) is 0 Å². The van der Waals surface area contributed by atoms with Gasteiger partial charge in [0.05, 0.1) is 12.2 Å². The summed E-state index contributed by atoms with van der Waals surface area (Å²) in [5.74, 6) is 1.02. The zero-order valence-electron chi connectivity index (χ0n) is 13.0. The Morgan fingerprint density at radius 3 is 2.95 bits per heavy atom. The van der Waals surface area contributed by atoms with Crippen molar-refractivity contribution in [3.63, 3.8) is 0 Å². The molecule has 1 saturated heterocycles. The molecule has 1 aromatic carbocycles. The lowest BCUT2D eigenvalue weighted by Crippen LogP contribution is -2.22. The van der Waals surface area contributed by atoms with Gasteiger partial charge >= 0.3 is 0 Å². The van der Waals surface area contributed by atoms with Crippen LogP contribution in [0.15, 0.2) is 24.3 Å². The van der Waals surface area contributed by atoms with Gasteiger partial charge < -0.3 is 14.8 Å². The van der Waals surface area contributed by atoms with E-state index in [1.54, 1.807) is 0 Å². The average Bonchev–Trinajstić information content (AvgIpc) is 3.16. The monoisotopic (exact) mass is 289 g/mol. The Morgan fingerprint density at radius 1 is 1.33 bits per heavy atom. The lowest BCUT2D eigenvalue weighted by atomic mass is 9.99. The minimum absolute atomic E-state index is 0.405. The first-order valence-electron chi connectivity index (χ1n) is 8.46. The number of rotatable bonds is 8. The van der Waals surface area contributed by atoms with Gasteiger partial charge in [-0.2, -0.15) is 0 Å². The summed E-state index contributed by atoms with van der Waals surface area (Å²) in [5.41, 5.74) is 1.34. The van der Waals surface area contributed by atoms with Crippen LogP contribution in [0.5, 0.6) is 5.75 Å². The quantitative estimate of drug-likeness (QED) is 0.789. The van der Waals surface area contributed by atoms with E-state index in [9.17, 15) is 0 Å². The van der Waals surface area contributed by atoms with Crippen LogP contribution in [0, 0.1) is 0 Å². The fourth-order valence-corrected chi connectivity index (χ4v) is 3.04. The molecule has 3 heteroatoms. The van der Waals surface area contributed by atoms with Crippen LogP contribution >= 0.6 is 0 Å². The maximum atomic E-state index is 5.92. The number of ether oxygens (including phenoxy) is 2. The van der Waals surface area contributed by atoms with E-state index in [-0.39, 0.29) is 0 Å². The lowest BCUT2D eigenvalue weighted by Gasteiger charge is -2.21. The van der Waals surface area contributed by atoms with Gasteiger partial charge in [-0.1, -0.05) is 19.1 Å². The summed E-state index contributed by atoms with van der Waals surface area (Å²) in [6, 6.07) is 9.01. The third-order valence-electron chi connectivity index (χ3n) is 4.34. The summed E-state index contributed by atoms with van der Waals surface area (Å²) in [6.45, 7) is 4.11. The number of hydrogen-bond donors (Lipinski definition) is 1. The first-order chi connectivity index (χ1) is 10.3. The fourth-order valence-electron chi connectivity index (χ4n) is 3.04. The lowest BCUT2D eigenvalue weighted by molar-refractivity contribution is 0.0996. The van der Waals surface area contributed by atoms with E-state index in [0.29, 0.717) is 18.2 Å². The Hall–Kier alpha value is -1.06. The maximum Gasteiger partial charge on any atom is 0.120 e. The second kappa shape index (κ2) is 7.28. The van der Waals surface area contributed by atoms with Crippen molar-refractivity contribution in [3.05, 3.63) is 29.8 Å². The minimum Gasteiger partial charge on any atom is -0.490 e. The van der Waals surface area contributed by atoms with Gasteiger partial charge in [0.15, 0.2) is 0 Å². The fraction of sp³-hybridized carbons (Fsp3) is 0.667. The SMILES string of the molecule is CCNC(CCC1CCCO1)c1cccc(OC2CC2)c1. The molecule has 116 valence electrons. The highest BCUT2D eigenvalue weighted by atomic mass is 16.5. The van der Waals surface area contributed by atoms with Crippen LogP contribution < -0.4 is 10.1 Å². The van der Waals surface area contributed by atoms with Crippen molar-refractivity contribution in [1.29, 1.82) is 0 Å². The van der Waals surface area contributed by atoms with Crippen molar-refractivity contribution >= 4 is 0 Å². The Kier molecular flexibility index (Phi) is 5.15. The van der Waals surface area contributed by atoms with Crippen molar-refractivity contribution < 1.29 is 9.47 Å². The molecule has 3 rings (SSSR count). The molecule has 0 radical (unpaired) electrons. The second-order valence-corrected chi connectivity index (χ2v) is 6.21. The topological polar surface area (TPSA) is 30.5 Å². The second-order valence-electron chi connectivity index (χ2n) is 6.21. The minimum atomic E-state index is 0.405. The molecule has 1 saturated carbocycles. The van der Waals surface area contributed by atoms with Crippen LogP contribution in [0.25, 0.3) is 0 Å². The molecule has 2 aliphatic rings. The molecule has 2 atom stereocenters. The van der Waals surface area contributed by atoms with Crippen molar-refractivity contribution in [1.82, 2.24) is 5.32 Å². The van der Waals surface area contributed by atoms with Gasteiger partial charge in [0.1, 0.15) is 5.75 Å². The number of benzene rings is 1. The number of nitrogens with one attached hydrogen (secondary N) is 1. The van der Waals surface area contributed by atoms with Gasteiger partial charge in [-0.15, -0.1) is 0 Å². The summed E-state index contributed by atoms with van der Waals surface area (Å²) in [4.78, 5) is 0. The summed E-state index contributed by atoms with van der Waals surface area (Å²) >= 11 is 0. The molecule has 1 aromatic rings. The third kappa shape index (κ3) is 4.45. The predicted octanol–water partition coefficient (Wildman–Crippen LogP) is 3.84. The third-order valence-corrected chi connectivity index (χ3v) is 4.34. The van der Waals surface area contributed by atoms with E-state index >= 15 is 0 Å². The van der Waals surface area contributed by atoms with E-state index in [2.05, 4.69) is 36.5 Å². The normalized spacial score (nSPS) is 23.2. The van der Waals surface area contributed by atoms with Crippen molar-refractivity contribution in [3.8, 4) is 5.75 Å². The van der Waals surface area contributed by atoms with Crippen LogP contribution in [0.4, 0.5) is 0 Å². The average molecular weight is 289 g/mol. The summed E-state index contributed by atoms with van der Waals surface area (Å²) in [6.07, 6.45) is 8.07. The molecule has 0 bridgehead atoms. The first-order valence-corrected chi connectivity index (χ1v) is 8.46. The van der Waals surface area contributed by atoms with Crippen molar-refractivity contribution in [2.24, 2.45) is 0 Å². The molecule has 3 nitrogen and oxygen atoms in total. The molecule has 1 aliphatic heterocycles. The molecule has 1 N–H and O–H groups in total. The van der Waals surface area contributed by atoms with E-state index < -0.39 is 0 Å². The number of hydrogen-bond acceptors (Lipinski definition) is 3. The molecule has 0 amide bonds. The molecule has 1 heterocycles. The Labute approximate surface area is 128 Å². The van der Waals surface area contributed by atoms with Gasteiger partial charge in [-0.3, -0.25) is 0 Å². The largest absolute Gasteiger partial charge is 0.490 e. The van der Waals surface area contributed by atoms with Crippen molar-refractivity contribution in [2.75, 3.05) is 13.2 Å². The molecule has 0 aromatic heterocycles. The van der Waals surface area contributed by atoms with Crippen LogP contribution in [-0.2, 0) is 4.74 Å². The summed E-state index contributed by atoms with van der Waals surface area (Å²) in [5, 5.41) is 3.61. The van der Waals surface area contributed by atoms with Crippen LogP contribution in [0.3, 0.4) is 0 Å². The smallest absolute Gasteiger partial charge is 0.120 e. The molecular formula is C18H27NO2. The molecule has 21 heavy (non-hydrogen) atoms. The molecule has 2 unspecified atom stereocenters. The van der Waals surface area contributed by atoms with E-state index in [1.165, 1.54) is 31.2 Å². The van der Waals surface area contributed by atoms with Gasteiger partial charge in [0.2, 0.25) is 0 Å². The van der Waals surface area contributed by atoms with Crippen LogP contribution in [0.1, 0.15) is 57.1 Å². The zero-order valence-corrected chi connectivity index (χ0v) is 13.0. The Bertz CT molecular complexity index is 439. The highest BCUT2D eigenvalue weighted by molar-refractivity contribution is 5.31. The Balaban J connectivity index is 1.60. The van der Waals surface area contributed by atoms with E-state index in [0.717, 1.165) is 31.7 Å². The van der Waals surface area contributed by atoms with E-state index in [1.807, 2.05) is 0 Å². The standard InChI is InChI=1S/C18H27NO2/c1-2-19-18(11-10-15-7-4-12-20-15)14-5-3-6-17(13-14)21-16-8-9-16/h3,5-6,13,15-16,18-19H,2,4,7-12H2,1H3. The summed E-state index contributed by atoms with van der Waals surface area (Å²) < 4.78 is 11.7. The predicted molar refractivity (Wildman–Crippen MR) is 84.7 cm³/mol. The highest BCUT2D eigenvalue weighted by Gasteiger charge is 2.24. The van der Waals surface area contributed by atoms with E-state index in [4.69, 9.17) is 9.47 Å². The Morgan fingerprint density at radius 2 is 2.24 bits per heavy atom. The van der Waals surface area contributed by atoms with Gasteiger partial charge in [-0.25, -0.2) is 0 Å². The van der Waals surface area contributed by atoms with Crippen molar-refractivity contribution in [2.45, 2.75) is 63.7 Å². The van der Waals surface area contributed by atoms with Gasteiger partial charge in [0, 0.05) is 12.6 Å². The first kappa shape index (κ1) is 14.9. The molecule has 0 spiro atoms. The molecule has 2 fully saturated rings. The molecule has 1 aliphatic carbocycles. The highest BCUT2D eigenvalue weighted by Crippen LogP contribution is 2.30. The zero-order chi connectivity index (χ0) is 14.5.